The number of amides is 1. The van der Waals surface area contributed by atoms with Crippen molar-refractivity contribution in [2.45, 2.75) is 31.5 Å². The first-order chi connectivity index (χ1) is 9.82. The highest BCUT2D eigenvalue weighted by Gasteiger charge is 2.34. The fourth-order valence-electron chi connectivity index (χ4n) is 2.61. The predicted octanol–water partition coefficient (Wildman–Crippen LogP) is 1.74. The van der Waals surface area contributed by atoms with Crippen molar-refractivity contribution in [1.29, 1.82) is 0 Å². The third kappa shape index (κ3) is 3.44. The van der Waals surface area contributed by atoms with Gasteiger partial charge in [0.2, 0.25) is 0 Å². The lowest BCUT2D eigenvalue weighted by Crippen LogP contribution is -2.31. The number of pyridine rings is 1. The van der Waals surface area contributed by atoms with Crippen LogP contribution in [0, 0.1) is 5.92 Å². The van der Waals surface area contributed by atoms with Crippen LogP contribution in [0.3, 0.4) is 0 Å². The Bertz CT molecular complexity index is 533. The minimum absolute atomic E-state index is 0.0503. The summed E-state index contributed by atoms with van der Waals surface area (Å²) in [5, 5.41) is 2.91. The lowest BCUT2D eigenvalue weighted by Gasteiger charge is -2.22. The fourth-order valence-corrected chi connectivity index (χ4v) is 2.61. The molecule has 1 heterocycles. The third-order valence-electron chi connectivity index (χ3n) is 3.74. The second-order valence-electron chi connectivity index (χ2n) is 5.13. The number of nitrogens with one attached hydrogen (secondary N) is 1. The zero-order valence-electron chi connectivity index (χ0n) is 11.3. The van der Waals surface area contributed by atoms with E-state index in [0.717, 1.165) is 31.4 Å². The Morgan fingerprint density at radius 1 is 1.38 bits per heavy atom. The maximum atomic E-state index is 12.7. The number of nitrogens with two attached hydrogens (primary N) is 2. The summed E-state index contributed by atoms with van der Waals surface area (Å²) in [5.74, 6) is -0.786. The minimum Gasteiger partial charge on any atom is -0.366 e. The number of alkyl halides is 3. The van der Waals surface area contributed by atoms with E-state index in [4.69, 9.17) is 11.5 Å². The van der Waals surface area contributed by atoms with E-state index in [0.29, 0.717) is 6.54 Å². The Morgan fingerprint density at radius 2 is 2.10 bits per heavy atom. The quantitative estimate of drug-likeness (QED) is 0.789. The second-order valence-corrected chi connectivity index (χ2v) is 5.13. The highest BCUT2D eigenvalue weighted by atomic mass is 19.4. The van der Waals surface area contributed by atoms with Crippen LogP contribution in [0.15, 0.2) is 12.1 Å². The third-order valence-corrected chi connectivity index (χ3v) is 3.74. The summed E-state index contributed by atoms with van der Waals surface area (Å²) in [6.45, 7) is 0.433. The van der Waals surface area contributed by atoms with Crippen molar-refractivity contribution >= 4 is 11.7 Å². The van der Waals surface area contributed by atoms with Crippen molar-refractivity contribution in [2.24, 2.45) is 17.4 Å². The molecule has 2 rings (SSSR count). The number of rotatable bonds is 4. The van der Waals surface area contributed by atoms with E-state index in [1.54, 1.807) is 0 Å². The summed E-state index contributed by atoms with van der Waals surface area (Å²) in [4.78, 5) is 14.9. The molecule has 0 radical (unpaired) electrons. The molecule has 1 amide bonds. The standard InChI is InChI=1S/C13H17F3N4O/c14-13(15,16)10-5-4-8(11(18)21)12(20-10)19-9-3-1-2-7(9)6-17/h4-5,7,9H,1-3,6,17H2,(H2,18,21)(H,19,20). The van der Waals surface area contributed by atoms with Crippen LogP contribution < -0.4 is 16.8 Å². The molecule has 5 nitrogen and oxygen atoms in total. The first-order valence-electron chi connectivity index (χ1n) is 6.67. The molecule has 5 N–H and O–H groups in total. The molecular weight excluding hydrogens is 285 g/mol. The molecule has 1 aromatic rings. The largest absolute Gasteiger partial charge is 0.433 e. The van der Waals surface area contributed by atoms with Gasteiger partial charge in [-0.1, -0.05) is 6.42 Å². The van der Waals surface area contributed by atoms with Gasteiger partial charge >= 0.3 is 6.18 Å². The molecule has 2 unspecified atom stereocenters. The van der Waals surface area contributed by atoms with Crippen LogP contribution in [-0.4, -0.2) is 23.5 Å². The van der Waals surface area contributed by atoms with Crippen LogP contribution in [0.25, 0.3) is 0 Å². The van der Waals surface area contributed by atoms with Gasteiger partial charge in [0, 0.05) is 6.04 Å². The second kappa shape index (κ2) is 5.88. The number of anilines is 1. The summed E-state index contributed by atoms with van der Waals surface area (Å²) in [6, 6.07) is 1.71. The molecule has 1 aromatic heterocycles. The van der Waals surface area contributed by atoms with E-state index < -0.39 is 17.8 Å². The van der Waals surface area contributed by atoms with Gasteiger partial charge in [0.15, 0.2) is 0 Å². The van der Waals surface area contributed by atoms with E-state index >= 15 is 0 Å². The number of carbonyl (C=O) groups is 1. The normalized spacial score (nSPS) is 22.3. The number of hydrogen-bond donors (Lipinski definition) is 3. The molecule has 0 spiro atoms. The minimum atomic E-state index is -4.57. The molecule has 1 saturated carbocycles. The first kappa shape index (κ1) is 15.6. The zero-order chi connectivity index (χ0) is 15.6. The summed E-state index contributed by atoms with van der Waals surface area (Å²) in [5.41, 5.74) is 9.72. The Hall–Kier alpha value is -1.83. The van der Waals surface area contributed by atoms with Crippen LogP contribution >= 0.6 is 0 Å². The van der Waals surface area contributed by atoms with Crippen molar-refractivity contribution < 1.29 is 18.0 Å². The molecule has 116 valence electrons. The topological polar surface area (TPSA) is 94.0 Å². The number of nitrogens with zero attached hydrogens (tertiary/aromatic N) is 1. The highest BCUT2D eigenvalue weighted by molar-refractivity contribution is 5.97. The van der Waals surface area contributed by atoms with Crippen molar-refractivity contribution in [3.05, 3.63) is 23.4 Å². The SMILES string of the molecule is NCC1CCCC1Nc1nc(C(F)(F)F)ccc1C(N)=O. The van der Waals surface area contributed by atoms with Gasteiger partial charge in [-0.05, 0) is 37.4 Å². The molecular formula is C13H17F3N4O. The molecule has 1 aliphatic carbocycles. The first-order valence-corrected chi connectivity index (χ1v) is 6.67. The van der Waals surface area contributed by atoms with Crippen molar-refractivity contribution in [2.75, 3.05) is 11.9 Å². The van der Waals surface area contributed by atoms with Gasteiger partial charge in [-0.3, -0.25) is 4.79 Å². The molecule has 8 heteroatoms. The molecule has 1 aliphatic rings. The molecule has 0 bridgehead atoms. The van der Waals surface area contributed by atoms with Crippen molar-refractivity contribution in [3.8, 4) is 0 Å². The van der Waals surface area contributed by atoms with Gasteiger partial charge in [0.25, 0.3) is 5.91 Å². The van der Waals surface area contributed by atoms with Gasteiger partial charge in [-0.2, -0.15) is 13.2 Å². The van der Waals surface area contributed by atoms with E-state index in [-0.39, 0.29) is 23.3 Å². The van der Waals surface area contributed by atoms with Crippen LogP contribution in [0.5, 0.6) is 0 Å². The van der Waals surface area contributed by atoms with Gasteiger partial charge in [0.05, 0.1) is 5.56 Å². The zero-order valence-corrected chi connectivity index (χ0v) is 11.3. The van der Waals surface area contributed by atoms with Gasteiger partial charge in [-0.15, -0.1) is 0 Å². The highest BCUT2D eigenvalue weighted by Crippen LogP contribution is 2.32. The Labute approximate surface area is 119 Å². The Morgan fingerprint density at radius 3 is 2.67 bits per heavy atom. The van der Waals surface area contributed by atoms with E-state index in [2.05, 4.69) is 10.3 Å². The molecule has 1 fully saturated rings. The van der Waals surface area contributed by atoms with Crippen molar-refractivity contribution in [3.63, 3.8) is 0 Å². The lowest BCUT2D eigenvalue weighted by atomic mass is 10.0. The maximum Gasteiger partial charge on any atom is 0.433 e. The lowest BCUT2D eigenvalue weighted by molar-refractivity contribution is -0.141. The number of hydrogen-bond acceptors (Lipinski definition) is 4. The summed E-state index contributed by atoms with van der Waals surface area (Å²) < 4.78 is 38.2. The van der Waals surface area contributed by atoms with Crippen molar-refractivity contribution in [1.82, 2.24) is 4.98 Å². The maximum absolute atomic E-state index is 12.7. The summed E-state index contributed by atoms with van der Waals surface area (Å²) in [6.07, 6.45) is -1.96. The molecule has 2 atom stereocenters. The van der Waals surface area contributed by atoms with Gasteiger partial charge in [-0.25, -0.2) is 4.98 Å². The average molecular weight is 302 g/mol. The van der Waals surface area contributed by atoms with Crippen LogP contribution in [0.1, 0.15) is 35.3 Å². The molecule has 0 aliphatic heterocycles. The van der Waals surface area contributed by atoms with E-state index in [9.17, 15) is 18.0 Å². The monoisotopic (exact) mass is 302 g/mol. The predicted molar refractivity (Wildman–Crippen MR) is 71.6 cm³/mol. The summed E-state index contributed by atoms with van der Waals surface area (Å²) in [7, 11) is 0. The average Bonchev–Trinajstić information content (AvgIpc) is 2.84. The number of primary amides is 1. The van der Waals surface area contributed by atoms with Crippen LogP contribution in [0.2, 0.25) is 0 Å². The summed E-state index contributed by atoms with van der Waals surface area (Å²) >= 11 is 0. The number of halogens is 3. The number of aromatic nitrogens is 1. The van der Waals surface area contributed by atoms with Crippen LogP contribution in [-0.2, 0) is 6.18 Å². The van der Waals surface area contributed by atoms with E-state index in [1.807, 2.05) is 0 Å². The Balaban J connectivity index is 2.32. The molecule has 0 aromatic carbocycles. The van der Waals surface area contributed by atoms with Gasteiger partial charge < -0.3 is 16.8 Å². The van der Waals surface area contributed by atoms with E-state index in [1.165, 1.54) is 0 Å². The Kier molecular flexibility index (Phi) is 4.36. The molecule has 0 saturated heterocycles. The smallest absolute Gasteiger partial charge is 0.366 e. The number of carbonyl (C=O) groups excluding carboxylic acids is 1. The fraction of sp³-hybridized carbons (Fsp3) is 0.538. The molecule has 21 heavy (non-hydrogen) atoms. The van der Waals surface area contributed by atoms with Crippen LogP contribution in [0.4, 0.5) is 19.0 Å². The van der Waals surface area contributed by atoms with Gasteiger partial charge in [0.1, 0.15) is 11.5 Å².